The van der Waals surface area contributed by atoms with Gasteiger partial charge in [-0.15, -0.1) is 0 Å². The molecule has 12 nitrogen and oxygen atoms in total. The molecule has 1 saturated heterocycles. The van der Waals surface area contributed by atoms with Crippen molar-refractivity contribution in [3.63, 3.8) is 0 Å². The Morgan fingerprint density at radius 3 is 2.47 bits per heavy atom. The first-order valence-corrected chi connectivity index (χ1v) is 17.8. The molecule has 1 fully saturated rings. The minimum Gasteiger partial charge on any atom is -0.465 e. The maximum atomic E-state index is 15.1. The van der Waals surface area contributed by atoms with Crippen LogP contribution in [0.15, 0.2) is 70.8 Å². The molecule has 2 aromatic carbocycles. The Labute approximate surface area is 286 Å². The van der Waals surface area contributed by atoms with Gasteiger partial charge >= 0.3 is 0 Å². The normalized spacial score (nSPS) is 19.1. The monoisotopic (exact) mass is 686 g/mol. The Hall–Kier alpha value is -4.91. The number of hydrogen-bond donors (Lipinski definition) is 2. The van der Waals surface area contributed by atoms with Crippen molar-refractivity contribution >= 4 is 44.3 Å². The molecule has 1 aliphatic heterocycles. The highest BCUT2D eigenvalue weighted by Crippen LogP contribution is 2.46. The number of hydrogen-bond acceptors (Lipinski definition) is 8. The van der Waals surface area contributed by atoms with Gasteiger partial charge in [0, 0.05) is 37.7 Å². The average Bonchev–Trinajstić information content (AvgIpc) is 3.68. The smallest absolute Gasteiger partial charge is 0.297 e. The van der Waals surface area contributed by atoms with E-state index in [4.69, 9.17) is 9.26 Å². The fourth-order valence-electron chi connectivity index (χ4n) is 6.74. The van der Waals surface area contributed by atoms with Crippen LogP contribution in [0.25, 0.3) is 16.6 Å². The molecule has 2 amide bonds. The second kappa shape index (κ2) is 12.8. The van der Waals surface area contributed by atoms with Crippen molar-refractivity contribution in [3.8, 4) is 6.01 Å². The predicted octanol–water partition coefficient (Wildman–Crippen LogP) is 5.25. The maximum Gasteiger partial charge on any atom is 0.297 e. The first kappa shape index (κ1) is 34.0. The van der Waals surface area contributed by atoms with Crippen molar-refractivity contribution in [2.75, 3.05) is 31.5 Å². The van der Waals surface area contributed by atoms with E-state index in [9.17, 15) is 9.59 Å². The van der Waals surface area contributed by atoms with Crippen LogP contribution in [-0.4, -0.2) is 71.3 Å². The van der Waals surface area contributed by atoms with Crippen LogP contribution in [0.1, 0.15) is 60.8 Å². The molecule has 4 aromatic rings. The molecule has 2 aromatic heterocycles. The maximum absolute atomic E-state index is 15.1. The number of aromatic nitrogens is 3. The summed E-state index contributed by atoms with van der Waals surface area (Å²) in [5, 5.41) is 6.68. The summed E-state index contributed by atoms with van der Waals surface area (Å²) in [6.45, 7) is 9.94. The number of ether oxygens (including phenoxy) is 1. The number of nitrogens with zero attached hydrogens (tertiary/aromatic N) is 4. The Bertz CT molecular complexity index is 2100. The van der Waals surface area contributed by atoms with E-state index in [1.165, 1.54) is 0 Å². The number of allylic oxidation sites excluding steroid dienone is 3. The number of amides is 2. The van der Waals surface area contributed by atoms with Crippen LogP contribution in [0, 0.1) is 19.3 Å². The van der Waals surface area contributed by atoms with E-state index in [0.717, 1.165) is 5.57 Å². The number of para-hydroxylation sites is 1. The Kier molecular flexibility index (Phi) is 8.91. The van der Waals surface area contributed by atoms with Gasteiger partial charge in [-0.3, -0.25) is 14.2 Å². The van der Waals surface area contributed by atoms with E-state index in [1.807, 2.05) is 73.9 Å². The molecular formula is C36H42N6O6S. The van der Waals surface area contributed by atoms with Crippen LogP contribution in [0.3, 0.4) is 0 Å². The van der Waals surface area contributed by atoms with Gasteiger partial charge in [-0.2, -0.15) is 4.98 Å². The van der Waals surface area contributed by atoms with E-state index in [0.29, 0.717) is 64.6 Å². The largest absolute Gasteiger partial charge is 0.465 e. The molecule has 0 bridgehead atoms. The van der Waals surface area contributed by atoms with E-state index in [1.54, 1.807) is 37.9 Å². The Morgan fingerprint density at radius 1 is 1.08 bits per heavy atom. The summed E-state index contributed by atoms with van der Waals surface area (Å²) >= 11 is 0. The summed E-state index contributed by atoms with van der Waals surface area (Å²) in [6, 6.07) is 15.0. The fraction of sp³-hybridized carbons (Fsp3) is 0.389. The predicted molar refractivity (Wildman–Crippen MR) is 188 cm³/mol. The van der Waals surface area contributed by atoms with Gasteiger partial charge in [0.15, 0.2) is 0 Å². The summed E-state index contributed by atoms with van der Waals surface area (Å²) in [5.74, 6) is -0.359. The number of likely N-dealkylation sites (tertiary alicyclic amines) is 1. The van der Waals surface area contributed by atoms with Crippen LogP contribution >= 0.6 is 0 Å². The number of anilines is 1. The van der Waals surface area contributed by atoms with Gasteiger partial charge in [0.1, 0.15) is 4.75 Å². The van der Waals surface area contributed by atoms with Gasteiger partial charge in [0.05, 0.1) is 28.9 Å². The molecule has 0 spiro atoms. The first-order valence-electron chi connectivity index (χ1n) is 16.4. The molecule has 0 saturated carbocycles. The zero-order valence-corrected chi connectivity index (χ0v) is 29.5. The van der Waals surface area contributed by atoms with Crippen LogP contribution < -0.4 is 14.8 Å². The molecule has 2 N–H and O–H groups in total. The number of rotatable bonds is 11. The fourth-order valence-corrected chi connectivity index (χ4v) is 8.54. The third-order valence-corrected chi connectivity index (χ3v) is 11.6. The second-order valence-corrected chi connectivity index (χ2v) is 15.3. The number of carbonyl (C=O) groups is 2. The average molecular weight is 687 g/mol. The zero-order chi connectivity index (χ0) is 35.1. The van der Waals surface area contributed by atoms with Crippen molar-refractivity contribution in [1.82, 2.24) is 24.9 Å². The molecule has 1 unspecified atom stereocenters. The number of imidazole rings is 1. The molecule has 13 heteroatoms. The molecule has 1 aliphatic carbocycles. The number of benzene rings is 2. The minimum absolute atomic E-state index is 0.0207. The standard InChI is InChI=1S/C36H42N6O6S/c1-7-47-34-38-29-15-11-14-27(31(43)37-6)30(29)42(34)21-25-16-17-28(26-12-9-8-10-13-26)36(20-25,22-41-19-18-35(4,5)33(41)44)49(45,46)40-32-23(2)24(3)39-48-32/h8-17,40H,7,18-22H2,1-6H3,(H,37,43). The number of sulfonamides is 1. The van der Waals surface area contributed by atoms with Crippen molar-refractivity contribution in [1.29, 1.82) is 0 Å². The molecule has 0 radical (unpaired) electrons. The summed E-state index contributed by atoms with van der Waals surface area (Å²) in [6.07, 6.45) is 4.37. The molecule has 1 atom stereocenters. The lowest BCUT2D eigenvalue weighted by molar-refractivity contribution is -0.134. The number of fused-ring (bicyclic) bond motifs is 1. The summed E-state index contributed by atoms with van der Waals surface area (Å²) < 4.78 is 44.5. The minimum atomic E-state index is -4.36. The number of aryl methyl sites for hydroxylation is 1. The van der Waals surface area contributed by atoms with E-state index in [2.05, 4.69) is 20.2 Å². The third kappa shape index (κ3) is 6.00. The molecular weight excluding hydrogens is 644 g/mol. The van der Waals surface area contributed by atoms with Crippen molar-refractivity contribution in [2.45, 2.75) is 58.8 Å². The highest BCUT2D eigenvalue weighted by molar-refractivity contribution is 7.94. The van der Waals surface area contributed by atoms with Gasteiger partial charge in [0.25, 0.3) is 11.9 Å². The highest BCUT2D eigenvalue weighted by Gasteiger charge is 2.53. The van der Waals surface area contributed by atoms with Crippen molar-refractivity contribution in [3.05, 3.63) is 88.6 Å². The van der Waals surface area contributed by atoms with Gasteiger partial charge in [-0.1, -0.05) is 67.6 Å². The Balaban J connectivity index is 1.54. The molecule has 49 heavy (non-hydrogen) atoms. The quantitative estimate of drug-likeness (QED) is 0.217. The van der Waals surface area contributed by atoms with Crippen molar-refractivity contribution in [2.24, 2.45) is 5.41 Å². The van der Waals surface area contributed by atoms with E-state index >= 15 is 8.42 Å². The van der Waals surface area contributed by atoms with Crippen molar-refractivity contribution < 1.29 is 27.3 Å². The first-order chi connectivity index (χ1) is 23.3. The Morgan fingerprint density at radius 2 is 1.84 bits per heavy atom. The zero-order valence-electron chi connectivity index (χ0n) is 28.7. The summed E-state index contributed by atoms with van der Waals surface area (Å²) in [4.78, 5) is 33.1. The molecule has 3 heterocycles. The van der Waals surface area contributed by atoms with Crippen LogP contribution in [0.4, 0.5) is 5.88 Å². The molecule has 2 aliphatic rings. The SMILES string of the molecule is CCOc1nc2cccc(C(=O)NC)c2n1CC1=CC=C(c2ccccc2)C(CN2CCC(C)(C)C2=O)(S(=O)(=O)Nc2onc(C)c2C)C1. The topological polar surface area (TPSA) is 149 Å². The van der Waals surface area contributed by atoms with Gasteiger partial charge in [-0.25, -0.2) is 13.1 Å². The van der Waals surface area contributed by atoms with Gasteiger partial charge < -0.3 is 19.5 Å². The lowest BCUT2D eigenvalue weighted by Gasteiger charge is -2.41. The third-order valence-electron chi connectivity index (χ3n) is 9.63. The van der Waals surface area contributed by atoms with Crippen LogP contribution in [0.2, 0.25) is 0 Å². The van der Waals surface area contributed by atoms with E-state index in [-0.39, 0.29) is 37.2 Å². The van der Waals surface area contributed by atoms with Crippen LogP contribution in [-0.2, 0) is 21.4 Å². The lowest BCUT2D eigenvalue weighted by atomic mass is 9.81. The van der Waals surface area contributed by atoms with Gasteiger partial charge in [0.2, 0.25) is 21.8 Å². The number of carbonyl (C=O) groups excluding carboxylic acids is 2. The van der Waals surface area contributed by atoms with Crippen LogP contribution in [0.5, 0.6) is 6.01 Å². The molecule has 258 valence electrons. The summed E-state index contributed by atoms with van der Waals surface area (Å²) in [7, 11) is -2.79. The number of nitrogens with one attached hydrogen (secondary N) is 2. The molecule has 6 rings (SSSR count). The van der Waals surface area contributed by atoms with E-state index < -0.39 is 20.2 Å². The highest BCUT2D eigenvalue weighted by atomic mass is 32.2. The second-order valence-electron chi connectivity index (χ2n) is 13.3. The summed E-state index contributed by atoms with van der Waals surface area (Å²) in [5.41, 5.74) is 4.05. The lowest BCUT2D eigenvalue weighted by Crippen LogP contribution is -2.54. The van der Waals surface area contributed by atoms with Gasteiger partial charge in [-0.05, 0) is 62.5 Å².